The van der Waals surface area contributed by atoms with Gasteiger partial charge in [-0.05, 0) is 12.1 Å². The minimum absolute atomic E-state index is 0.359. The topological polar surface area (TPSA) is 78.3 Å². The van der Waals surface area contributed by atoms with Gasteiger partial charge in [0.25, 0.3) is 5.88 Å². The SMILES string of the molecule is Nc1cn2ccnc2c(Oc2cccc3cccnc23)n1. The summed E-state index contributed by atoms with van der Waals surface area (Å²) in [5.74, 6) is 1.35. The van der Waals surface area contributed by atoms with E-state index in [1.807, 2.05) is 30.3 Å². The number of benzene rings is 1. The molecule has 6 nitrogen and oxygen atoms in total. The zero-order valence-electron chi connectivity index (χ0n) is 11.0. The predicted octanol–water partition coefficient (Wildman–Crippen LogP) is 2.65. The van der Waals surface area contributed by atoms with Crippen LogP contribution in [0.5, 0.6) is 11.6 Å². The Bertz CT molecular complexity index is 942. The summed E-state index contributed by atoms with van der Waals surface area (Å²) in [4.78, 5) is 12.8. The van der Waals surface area contributed by atoms with Gasteiger partial charge in [0, 0.05) is 24.0 Å². The lowest BCUT2D eigenvalue weighted by Gasteiger charge is -2.08. The molecule has 21 heavy (non-hydrogen) atoms. The molecular weight excluding hydrogens is 266 g/mol. The highest BCUT2D eigenvalue weighted by atomic mass is 16.5. The van der Waals surface area contributed by atoms with Gasteiger partial charge in [-0.25, -0.2) is 4.98 Å². The first-order valence-corrected chi connectivity index (χ1v) is 6.42. The van der Waals surface area contributed by atoms with Crippen LogP contribution in [-0.4, -0.2) is 19.4 Å². The highest BCUT2D eigenvalue weighted by Gasteiger charge is 2.11. The number of pyridine rings is 1. The van der Waals surface area contributed by atoms with Crippen molar-refractivity contribution in [2.24, 2.45) is 0 Å². The monoisotopic (exact) mass is 277 g/mol. The van der Waals surface area contributed by atoms with Crippen molar-refractivity contribution in [2.75, 3.05) is 5.73 Å². The summed E-state index contributed by atoms with van der Waals surface area (Å²) in [6, 6.07) is 9.60. The van der Waals surface area contributed by atoms with Crippen LogP contribution >= 0.6 is 0 Å². The van der Waals surface area contributed by atoms with Crippen LogP contribution in [0.15, 0.2) is 55.1 Å². The molecule has 3 aromatic heterocycles. The second-order valence-electron chi connectivity index (χ2n) is 4.56. The van der Waals surface area contributed by atoms with Gasteiger partial charge in [-0.15, -0.1) is 0 Å². The average molecular weight is 277 g/mol. The number of hydrogen-bond acceptors (Lipinski definition) is 5. The number of ether oxygens (including phenoxy) is 1. The molecule has 4 rings (SSSR count). The summed E-state index contributed by atoms with van der Waals surface area (Å²) in [6.07, 6.45) is 6.88. The number of nitrogens with zero attached hydrogens (tertiary/aromatic N) is 4. The maximum atomic E-state index is 5.91. The Morgan fingerprint density at radius 1 is 1.05 bits per heavy atom. The molecule has 0 aliphatic heterocycles. The lowest BCUT2D eigenvalue weighted by atomic mass is 10.2. The van der Waals surface area contributed by atoms with Crippen molar-refractivity contribution in [1.29, 1.82) is 0 Å². The van der Waals surface area contributed by atoms with E-state index in [4.69, 9.17) is 10.5 Å². The van der Waals surface area contributed by atoms with Gasteiger partial charge in [0.05, 0.1) is 6.20 Å². The number of fused-ring (bicyclic) bond motifs is 2. The second-order valence-corrected chi connectivity index (χ2v) is 4.56. The van der Waals surface area contributed by atoms with E-state index in [1.165, 1.54) is 0 Å². The van der Waals surface area contributed by atoms with Gasteiger partial charge in [0.15, 0.2) is 5.75 Å². The average Bonchev–Trinajstić information content (AvgIpc) is 2.96. The maximum absolute atomic E-state index is 5.91. The van der Waals surface area contributed by atoms with E-state index in [-0.39, 0.29) is 0 Å². The molecule has 102 valence electrons. The Hall–Kier alpha value is -3.15. The van der Waals surface area contributed by atoms with Crippen LogP contribution in [0.25, 0.3) is 16.6 Å². The first-order valence-electron chi connectivity index (χ1n) is 6.42. The van der Waals surface area contributed by atoms with Gasteiger partial charge in [-0.2, -0.15) is 4.98 Å². The van der Waals surface area contributed by atoms with Gasteiger partial charge in [0.2, 0.25) is 5.65 Å². The number of rotatable bonds is 2. The number of hydrogen-bond donors (Lipinski definition) is 1. The van der Waals surface area contributed by atoms with E-state index < -0.39 is 0 Å². The zero-order valence-corrected chi connectivity index (χ0v) is 11.0. The lowest BCUT2D eigenvalue weighted by Crippen LogP contribution is -1.99. The summed E-state index contributed by atoms with van der Waals surface area (Å²) >= 11 is 0. The Balaban J connectivity index is 1.89. The number of nitrogen functional groups attached to an aromatic ring is 1. The molecule has 3 heterocycles. The van der Waals surface area contributed by atoms with Gasteiger partial charge >= 0.3 is 0 Å². The molecule has 4 aromatic rings. The molecule has 6 heteroatoms. The number of para-hydroxylation sites is 1. The summed E-state index contributed by atoms with van der Waals surface area (Å²) in [7, 11) is 0. The zero-order chi connectivity index (χ0) is 14.2. The third-order valence-corrected chi connectivity index (χ3v) is 3.16. The molecule has 0 saturated heterocycles. The van der Waals surface area contributed by atoms with Gasteiger partial charge < -0.3 is 10.5 Å². The standard InChI is InChI=1S/C15H11N5O/c16-12-9-20-8-7-18-14(20)15(19-12)21-11-5-1-3-10-4-2-6-17-13(10)11/h1-9H,16H2. The molecule has 0 bridgehead atoms. The summed E-state index contributed by atoms with van der Waals surface area (Å²) in [5.41, 5.74) is 7.18. The van der Waals surface area contributed by atoms with E-state index >= 15 is 0 Å². The van der Waals surface area contributed by atoms with E-state index in [0.717, 1.165) is 10.9 Å². The molecule has 0 radical (unpaired) electrons. The maximum Gasteiger partial charge on any atom is 0.265 e. The highest BCUT2D eigenvalue weighted by molar-refractivity contribution is 5.84. The van der Waals surface area contributed by atoms with Crippen molar-refractivity contribution in [1.82, 2.24) is 19.4 Å². The fourth-order valence-electron chi connectivity index (χ4n) is 2.25. The molecule has 0 fully saturated rings. The lowest BCUT2D eigenvalue weighted by molar-refractivity contribution is 0.470. The number of nitrogens with two attached hydrogens (primary N) is 1. The number of aromatic nitrogens is 4. The number of imidazole rings is 1. The predicted molar refractivity (Wildman–Crippen MR) is 79.2 cm³/mol. The molecule has 0 amide bonds. The first-order chi connectivity index (χ1) is 10.3. The van der Waals surface area contributed by atoms with Crippen LogP contribution in [0, 0.1) is 0 Å². The quantitative estimate of drug-likeness (QED) is 0.609. The molecule has 0 unspecified atom stereocenters. The van der Waals surface area contributed by atoms with Gasteiger partial charge in [-0.3, -0.25) is 9.38 Å². The Labute approximate surface area is 119 Å². The molecule has 0 spiro atoms. The van der Waals surface area contributed by atoms with E-state index in [1.54, 1.807) is 29.2 Å². The molecule has 0 atom stereocenters. The fourth-order valence-corrected chi connectivity index (χ4v) is 2.25. The first kappa shape index (κ1) is 11.7. The Kier molecular flexibility index (Phi) is 2.47. The van der Waals surface area contributed by atoms with Crippen LogP contribution in [0.1, 0.15) is 0 Å². The van der Waals surface area contributed by atoms with Gasteiger partial charge in [0.1, 0.15) is 11.3 Å². The van der Waals surface area contributed by atoms with Crippen molar-refractivity contribution in [2.45, 2.75) is 0 Å². The van der Waals surface area contributed by atoms with Crippen LogP contribution < -0.4 is 10.5 Å². The minimum Gasteiger partial charge on any atom is -0.434 e. The van der Waals surface area contributed by atoms with E-state index in [2.05, 4.69) is 15.0 Å². The van der Waals surface area contributed by atoms with Crippen molar-refractivity contribution in [3.05, 3.63) is 55.1 Å². The highest BCUT2D eigenvalue weighted by Crippen LogP contribution is 2.29. The third-order valence-electron chi connectivity index (χ3n) is 3.16. The Morgan fingerprint density at radius 3 is 2.90 bits per heavy atom. The van der Waals surface area contributed by atoms with Crippen LogP contribution in [-0.2, 0) is 0 Å². The Morgan fingerprint density at radius 2 is 1.95 bits per heavy atom. The van der Waals surface area contributed by atoms with Crippen LogP contribution in [0.3, 0.4) is 0 Å². The molecule has 0 aliphatic rings. The van der Waals surface area contributed by atoms with Crippen molar-refractivity contribution < 1.29 is 4.74 Å². The number of anilines is 1. The van der Waals surface area contributed by atoms with E-state index in [9.17, 15) is 0 Å². The van der Waals surface area contributed by atoms with Crippen molar-refractivity contribution in [3.8, 4) is 11.6 Å². The van der Waals surface area contributed by atoms with E-state index in [0.29, 0.717) is 23.1 Å². The molecule has 0 aliphatic carbocycles. The molecule has 1 aromatic carbocycles. The summed E-state index contributed by atoms with van der Waals surface area (Å²) in [6.45, 7) is 0. The van der Waals surface area contributed by atoms with Crippen LogP contribution in [0.2, 0.25) is 0 Å². The molecule has 0 saturated carbocycles. The molecular formula is C15H11N5O. The largest absolute Gasteiger partial charge is 0.434 e. The molecule has 2 N–H and O–H groups in total. The van der Waals surface area contributed by atoms with Crippen LogP contribution in [0.4, 0.5) is 5.82 Å². The smallest absolute Gasteiger partial charge is 0.265 e. The normalized spacial score (nSPS) is 11.0. The summed E-state index contributed by atoms with van der Waals surface area (Å²) in [5, 5.41) is 0.998. The fraction of sp³-hybridized carbons (Fsp3) is 0. The minimum atomic E-state index is 0.359. The summed E-state index contributed by atoms with van der Waals surface area (Å²) < 4.78 is 7.68. The third kappa shape index (κ3) is 1.93. The van der Waals surface area contributed by atoms with Crippen molar-refractivity contribution >= 4 is 22.4 Å². The second kappa shape index (κ2) is 4.45. The van der Waals surface area contributed by atoms with Crippen molar-refractivity contribution in [3.63, 3.8) is 0 Å². The van der Waals surface area contributed by atoms with Gasteiger partial charge in [-0.1, -0.05) is 18.2 Å².